The van der Waals surface area contributed by atoms with Gasteiger partial charge in [-0.3, -0.25) is 9.59 Å². The predicted molar refractivity (Wildman–Crippen MR) is 143 cm³/mol. The summed E-state index contributed by atoms with van der Waals surface area (Å²) in [5.41, 5.74) is 6.35. The smallest absolute Gasteiger partial charge is 0.422 e. The van der Waals surface area contributed by atoms with Crippen LogP contribution in [0, 0.1) is 0 Å². The SMILES string of the molecule is CC(C)(C)OCCC(NC(=O)N1CCN(C(=O)c2ccc(OCC(F)(F)F)cc2Cl)c2ccccc2C1)C(N)=O. The van der Waals surface area contributed by atoms with Crippen molar-refractivity contribution in [2.75, 3.05) is 31.2 Å². The van der Waals surface area contributed by atoms with Crippen LogP contribution in [0.5, 0.6) is 5.75 Å². The number of rotatable bonds is 8. The van der Waals surface area contributed by atoms with Crippen LogP contribution in [0.2, 0.25) is 5.02 Å². The van der Waals surface area contributed by atoms with Crippen molar-refractivity contribution in [3.8, 4) is 5.75 Å². The van der Waals surface area contributed by atoms with Gasteiger partial charge in [-0.15, -0.1) is 0 Å². The van der Waals surface area contributed by atoms with E-state index in [-0.39, 0.29) is 49.0 Å². The van der Waals surface area contributed by atoms with Gasteiger partial charge in [0.1, 0.15) is 11.8 Å². The Kier molecular flexibility index (Phi) is 9.91. The number of fused-ring (bicyclic) bond motifs is 1. The number of hydrogen-bond donors (Lipinski definition) is 2. The third-order valence-corrected chi connectivity index (χ3v) is 6.24. The third-order valence-electron chi connectivity index (χ3n) is 5.93. The summed E-state index contributed by atoms with van der Waals surface area (Å²) >= 11 is 6.26. The highest BCUT2D eigenvalue weighted by molar-refractivity contribution is 6.34. The van der Waals surface area contributed by atoms with E-state index in [1.54, 1.807) is 24.3 Å². The maximum Gasteiger partial charge on any atom is 0.422 e. The van der Waals surface area contributed by atoms with Gasteiger partial charge < -0.3 is 30.3 Å². The van der Waals surface area contributed by atoms with Crippen molar-refractivity contribution < 1.29 is 37.0 Å². The molecule has 13 heteroatoms. The number of nitrogens with zero attached hydrogens (tertiary/aromatic N) is 2. The summed E-state index contributed by atoms with van der Waals surface area (Å²) in [5.74, 6) is -1.33. The lowest BCUT2D eigenvalue weighted by Crippen LogP contribution is -2.51. The van der Waals surface area contributed by atoms with Crippen molar-refractivity contribution in [3.05, 3.63) is 58.6 Å². The average Bonchev–Trinajstić information content (AvgIpc) is 3.05. The van der Waals surface area contributed by atoms with Gasteiger partial charge in [0.2, 0.25) is 5.91 Å². The van der Waals surface area contributed by atoms with Gasteiger partial charge in [0.15, 0.2) is 6.61 Å². The van der Waals surface area contributed by atoms with Crippen LogP contribution in [0.4, 0.5) is 23.7 Å². The minimum atomic E-state index is -4.52. The summed E-state index contributed by atoms with van der Waals surface area (Å²) in [7, 11) is 0. The Balaban J connectivity index is 1.76. The Labute approximate surface area is 235 Å². The van der Waals surface area contributed by atoms with Crippen LogP contribution < -0.4 is 20.7 Å². The number of halogens is 4. The Hall–Kier alpha value is -3.51. The molecule has 3 N–H and O–H groups in total. The first kappa shape index (κ1) is 31.0. The van der Waals surface area contributed by atoms with Gasteiger partial charge in [-0.1, -0.05) is 29.8 Å². The minimum absolute atomic E-state index is 0.0568. The normalized spacial score (nSPS) is 14.7. The summed E-state index contributed by atoms with van der Waals surface area (Å²) in [4.78, 5) is 41.6. The lowest BCUT2D eigenvalue weighted by molar-refractivity contribution is -0.153. The summed E-state index contributed by atoms with van der Waals surface area (Å²) in [6.45, 7) is 4.67. The summed E-state index contributed by atoms with van der Waals surface area (Å²) < 4.78 is 47.8. The molecule has 2 aromatic rings. The van der Waals surface area contributed by atoms with Crippen LogP contribution in [0.3, 0.4) is 0 Å². The molecule has 0 bridgehead atoms. The number of para-hydroxylation sites is 1. The molecule has 0 saturated carbocycles. The molecule has 0 fully saturated rings. The molecule has 0 aliphatic carbocycles. The van der Waals surface area contributed by atoms with Crippen LogP contribution in [-0.4, -0.2) is 66.9 Å². The number of anilines is 1. The first-order chi connectivity index (χ1) is 18.6. The van der Waals surface area contributed by atoms with Crippen LogP contribution in [0.25, 0.3) is 0 Å². The van der Waals surface area contributed by atoms with Crippen LogP contribution in [0.15, 0.2) is 42.5 Å². The van der Waals surface area contributed by atoms with Gasteiger partial charge in [-0.25, -0.2) is 4.79 Å². The standard InChI is InChI=1S/C27H32ClF3N4O5/c1-26(2,3)40-13-10-21(23(32)36)33-25(38)34-11-12-35(22-7-5-4-6-17(22)15-34)24(37)19-9-8-18(14-20(19)28)39-16-27(29,30)31/h4-9,14,21H,10-13,15-16H2,1-3H3,(H2,32,36)(H,33,38). The van der Waals surface area contributed by atoms with E-state index in [4.69, 9.17) is 26.8 Å². The van der Waals surface area contributed by atoms with Gasteiger partial charge in [0.25, 0.3) is 5.91 Å². The molecule has 1 atom stereocenters. The van der Waals surface area contributed by atoms with Crippen molar-refractivity contribution in [1.82, 2.24) is 10.2 Å². The van der Waals surface area contributed by atoms with Crippen LogP contribution in [-0.2, 0) is 16.1 Å². The lowest BCUT2D eigenvalue weighted by atomic mass is 10.1. The third kappa shape index (κ3) is 8.75. The number of hydrogen-bond acceptors (Lipinski definition) is 5. The van der Waals surface area contributed by atoms with E-state index in [1.807, 2.05) is 20.8 Å². The van der Waals surface area contributed by atoms with Crippen molar-refractivity contribution in [2.45, 2.75) is 51.6 Å². The number of primary amides is 1. The fourth-order valence-electron chi connectivity index (χ4n) is 4.00. The number of amides is 4. The average molecular weight is 585 g/mol. The Morgan fingerprint density at radius 3 is 2.42 bits per heavy atom. The number of alkyl halides is 3. The van der Waals surface area contributed by atoms with Crippen molar-refractivity contribution in [3.63, 3.8) is 0 Å². The van der Waals surface area contributed by atoms with Gasteiger partial charge >= 0.3 is 12.2 Å². The summed E-state index contributed by atoms with van der Waals surface area (Å²) in [6.07, 6.45) is -4.33. The van der Waals surface area contributed by atoms with Crippen LogP contribution in [0.1, 0.15) is 43.1 Å². The molecule has 9 nitrogen and oxygen atoms in total. The maximum atomic E-state index is 13.5. The monoisotopic (exact) mass is 584 g/mol. The summed E-state index contributed by atoms with van der Waals surface area (Å²) in [6, 6.07) is 9.18. The Bertz CT molecular complexity index is 1240. The molecule has 0 aromatic heterocycles. The quantitative estimate of drug-likeness (QED) is 0.474. The van der Waals surface area contributed by atoms with Gasteiger partial charge in [0.05, 0.1) is 16.2 Å². The van der Waals surface area contributed by atoms with E-state index in [0.717, 1.165) is 6.07 Å². The van der Waals surface area contributed by atoms with Crippen molar-refractivity contribution in [2.24, 2.45) is 5.73 Å². The number of carbonyl (C=O) groups is 3. The predicted octanol–water partition coefficient (Wildman–Crippen LogP) is 4.51. The molecule has 1 aliphatic rings. The van der Waals surface area contributed by atoms with E-state index in [0.29, 0.717) is 11.3 Å². The first-order valence-corrected chi connectivity index (χ1v) is 12.9. The molecule has 1 unspecified atom stereocenters. The Morgan fingerprint density at radius 1 is 1.10 bits per heavy atom. The fraction of sp³-hybridized carbons (Fsp3) is 0.444. The molecule has 1 heterocycles. The zero-order valence-electron chi connectivity index (χ0n) is 22.4. The van der Waals surface area contributed by atoms with Crippen molar-refractivity contribution >= 4 is 35.1 Å². The molecule has 0 radical (unpaired) electrons. The molecule has 0 saturated heterocycles. The maximum absolute atomic E-state index is 13.5. The molecule has 1 aliphatic heterocycles. The number of nitrogens with one attached hydrogen (secondary N) is 1. The zero-order chi connectivity index (χ0) is 29.7. The van der Waals surface area contributed by atoms with E-state index >= 15 is 0 Å². The van der Waals surface area contributed by atoms with Gasteiger partial charge in [-0.2, -0.15) is 13.2 Å². The number of nitrogens with two attached hydrogens (primary N) is 1. The molecular weight excluding hydrogens is 553 g/mol. The molecule has 4 amide bonds. The Morgan fingerprint density at radius 2 is 1.80 bits per heavy atom. The highest BCUT2D eigenvalue weighted by Crippen LogP contribution is 2.30. The van der Waals surface area contributed by atoms with Crippen molar-refractivity contribution in [1.29, 1.82) is 0 Å². The van der Waals surface area contributed by atoms with Gasteiger partial charge in [0, 0.05) is 38.3 Å². The largest absolute Gasteiger partial charge is 0.484 e. The number of carbonyl (C=O) groups excluding carboxylic acids is 3. The molecule has 40 heavy (non-hydrogen) atoms. The molecular formula is C27H32ClF3N4O5. The molecule has 3 rings (SSSR count). The fourth-order valence-corrected chi connectivity index (χ4v) is 4.25. The first-order valence-electron chi connectivity index (χ1n) is 12.5. The topological polar surface area (TPSA) is 114 Å². The number of ether oxygens (including phenoxy) is 2. The second kappa shape index (κ2) is 12.8. The highest BCUT2D eigenvalue weighted by atomic mass is 35.5. The lowest BCUT2D eigenvalue weighted by Gasteiger charge is -2.26. The van der Waals surface area contributed by atoms with E-state index in [1.165, 1.54) is 21.9 Å². The second-order valence-electron chi connectivity index (χ2n) is 10.2. The minimum Gasteiger partial charge on any atom is -0.484 e. The number of benzene rings is 2. The second-order valence-corrected chi connectivity index (χ2v) is 10.6. The van der Waals surface area contributed by atoms with Gasteiger partial charge in [-0.05, 0) is 50.6 Å². The molecule has 2 aromatic carbocycles. The number of urea groups is 1. The van der Waals surface area contributed by atoms with Crippen LogP contribution >= 0.6 is 11.6 Å². The molecule has 0 spiro atoms. The van der Waals surface area contributed by atoms with E-state index in [2.05, 4.69) is 5.32 Å². The van der Waals surface area contributed by atoms with E-state index < -0.39 is 42.3 Å². The molecule has 218 valence electrons. The summed E-state index contributed by atoms with van der Waals surface area (Å²) in [5, 5.41) is 2.58. The van der Waals surface area contributed by atoms with E-state index in [9.17, 15) is 27.6 Å². The zero-order valence-corrected chi connectivity index (χ0v) is 23.1. The highest BCUT2D eigenvalue weighted by Gasteiger charge is 2.31.